The van der Waals surface area contributed by atoms with Gasteiger partial charge in [0.05, 0.1) is 18.2 Å². The number of methoxy groups -OCH3 is 1. The first-order valence-electron chi connectivity index (χ1n) is 7.06. The summed E-state index contributed by atoms with van der Waals surface area (Å²) in [5, 5.41) is 3.55. The van der Waals surface area contributed by atoms with Crippen molar-refractivity contribution in [2.45, 2.75) is 25.3 Å². The van der Waals surface area contributed by atoms with Gasteiger partial charge in [0, 0.05) is 5.69 Å². The molecule has 0 saturated heterocycles. The number of halogens is 2. The molecule has 0 bridgehead atoms. The molecule has 0 radical (unpaired) electrons. The number of aryl methyl sites for hydroxylation is 1. The van der Waals surface area contributed by atoms with Crippen LogP contribution in [0.5, 0.6) is 5.75 Å². The molecule has 0 heterocycles. The molecule has 2 nitrogen and oxygen atoms in total. The highest BCUT2D eigenvalue weighted by Crippen LogP contribution is 2.35. The van der Waals surface area contributed by atoms with Gasteiger partial charge in [0.15, 0.2) is 0 Å². The van der Waals surface area contributed by atoms with E-state index in [-0.39, 0.29) is 11.1 Å². The highest BCUT2D eigenvalue weighted by molar-refractivity contribution is 6.30. The smallest absolute Gasteiger partial charge is 0.143 e. The average Bonchev–Trinajstić information content (AvgIpc) is 2.51. The van der Waals surface area contributed by atoms with Crippen LogP contribution in [0.25, 0.3) is 0 Å². The van der Waals surface area contributed by atoms with Gasteiger partial charge in [-0.1, -0.05) is 17.7 Å². The zero-order chi connectivity index (χ0) is 14.8. The molecule has 3 rings (SSSR count). The first kappa shape index (κ1) is 14.2. The molecule has 0 amide bonds. The molecule has 110 valence electrons. The van der Waals surface area contributed by atoms with Crippen molar-refractivity contribution < 1.29 is 9.13 Å². The predicted octanol–water partition coefficient (Wildman–Crippen LogP) is 4.98. The Morgan fingerprint density at radius 2 is 2.10 bits per heavy atom. The van der Waals surface area contributed by atoms with Crippen LogP contribution in [0.2, 0.25) is 5.02 Å². The van der Waals surface area contributed by atoms with Crippen LogP contribution in [0.1, 0.15) is 30.0 Å². The minimum Gasteiger partial charge on any atom is -0.497 e. The summed E-state index contributed by atoms with van der Waals surface area (Å²) in [6, 6.07) is 11.2. The molecule has 0 aromatic heterocycles. The van der Waals surface area contributed by atoms with Crippen LogP contribution in [0.15, 0.2) is 36.4 Å². The number of nitrogens with one attached hydrogen (secondary N) is 1. The van der Waals surface area contributed by atoms with Gasteiger partial charge in [0.2, 0.25) is 0 Å². The zero-order valence-corrected chi connectivity index (χ0v) is 12.6. The number of rotatable bonds is 3. The average molecular weight is 306 g/mol. The van der Waals surface area contributed by atoms with Crippen LogP contribution in [0.3, 0.4) is 0 Å². The van der Waals surface area contributed by atoms with E-state index >= 15 is 0 Å². The largest absolute Gasteiger partial charge is 0.497 e. The second kappa shape index (κ2) is 5.94. The summed E-state index contributed by atoms with van der Waals surface area (Å²) < 4.78 is 18.9. The summed E-state index contributed by atoms with van der Waals surface area (Å²) in [7, 11) is 1.67. The molecular formula is C17H17ClFNO. The molecule has 1 unspecified atom stereocenters. The first-order valence-corrected chi connectivity index (χ1v) is 7.43. The maximum atomic E-state index is 13.6. The van der Waals surface area contributed by atoms with E-state index in [1.54, 1.807) is 19.2 Å². The van der Waals surface area contributed by atoms with Crippen LogP contribution in [-0.4, -0.2) is 7.11 Å². The summed E-state index contributed by atoms with van der Waals surface area (Å²) in [6.07, 6.45) is 3.21. The third-order valence-corrected chi connectivity index (χ3v) is 4.23. The third-order valence-electron chi connectivity index (χ3n) is 3.93. The van der Waals surface area contributed by atoms with Crippen molar-refractivity contribution in [1.82, 2.24) is 0 Å². The number of ether oxygens (including phenoxy) is 1. The molecule has 2 aromatic carbocycles. The lowest BCUT2D eigenvalue weighted by molar-refractivity contribution is 0.413. The van der Waals surface area contributed by atoms with Gasteiger partial charge < -0.3 is 10.1 Å². The van der Waals surface area contributed by atoms with Gasteiger partial charge in [-0.2, -0.15) is 0 Å². The quantitative estimate of drug-likeness (QED) is 0.863. The maximum absolute atomic E-state index is 13.6. The number of anilines is 1. The fraction of sp³-hybridized carbons (Fsp3) is 0.294. The van der Waals surface area contributed by atoms with Crippen LogP contribution < -0.4 is 10.1 Å². The van der Waals surface area contributed by atoms with Gasteiger partial charge >= 0.3 is 0 Å². The second-order valence-corrected chi connectivity index (χ2v) is 5.69. The van der Waals surface area contributed by atoms with Crippen molar-refractivity contribution in [3.05, 3.63) is 58.4 Å². The molecule has 0 saturated carbocycles. The molecule has 1 aliphatic carbocycles. The Kier molecular flexibility index (Phi) is 4.02. The third kappa shape index (κ3) is 2.98. The first-order chi connectivity index (χ1) is 10.2. The molecule has 4 heteroatoms. The maximum Gasteiger partial charge on any atom is 0.143 e. The molecule has 0 aliphatic heterocycles. The van der Waals surface area contributed by atoms with Gasteiger partial charge in [-0.05, 0) is 60.7 Å². The van der Waals surface area contributed by atoms with Crippen molar-refractivity contribution in [2.75, 3.05) is 12.4 Å². The number of hydrogen-bond donors (Lipinski definition) is 1. The Labute approximate surface area is 128 Å². The topological polar surface area (TPSA) is 21.3 Å². The molecule has 2 aromatic rings. The Bertz CT molecular complexity index is 659. The van der Waals surface area contributed by atoms with E-state index in [9.17, 15) is 4.39 Å². The molecule has 1 aliphatic rings. The summed E-state index contributed by atoms with van der Waals surface area (Å²) in [5.74, 6) is 0.452. The van der Waals surface area contributed by atoms with E-state index in [0.717, 1.165) is 30.7 Å². The zero-order valence-electron chi connectivity index (χ0n) is 11.8. The molecular weight excluding hydrogens is 289 g/mol. The minimum atomic E-state index is -0.400. The van der Waals surface area contributed by atoms with E-state index in [1.807, 2.05) is 6.07 Å². The van der Waals surface area contributed by atoms with Crippen molar-refractivity contribution in [3.8, 4) is 5.75 Å². The molecule has 0 fully saturated rings. The van der Waals surface area contributed by atoms with E-state index in [4.69, 9.17) is 16.3 Å². The SMILES string of the molecule is COc1ccc2c(c1)C(Nc1ccc(Cl)c(F)c1)CCC2. The standard InChI is InChI=1S/C17H17ClFNO/c1-21-13-7-5-11-3-2-4-17(14(11)10-13)20-12-6-8-15(18)16(19)9-12/h5-10,17,20H,2-4H2,1H3. The van der Waals surface area contributed by atoms with E-state index in [2.05, 4.69) is 17.4 Å². The second-order valence-electron chi connectivity index (χ2n) is 5.28. The van der Waals surface area contributed by atoms with E-state index in [0.29, 0.717) is 0 Å². The Balaban J connectivity index is 1.88. The van der Waals surface area contributed by atoms with Gasteiger partial charge in [0.25, 0.3) is 0 Å². The highest BCUT2D eigenvalue weighted by atomic mass is 35.5. The lowest BCUT2D eigenvalue weighted by atomic mass is 9.87. The lowest BCUT2D eigenvalue weighted by Gasteiger charge is -2.27. The van der Waals surface area contributed by atoms with Crippen molar-refractivity contribution in [3.63, 3.8) is 0 Å². The minimum absolute atomic E-state index is 0.145. The number of hydrogen-bond acceptors (Lipinski definition) is 2. The summed E-state index contributed by atoms with van der Waals surface area (Å²) in [5.41, 5.74) is 3.31. The number of fused-ring (bicyclic) bond motifs is 1. The highest BCUT2D eigenvalue weighted by Gasteiger charge is 2.21. The van der Waals surface area contributed by atoms with Gasteiger partial charge in [-0.25, -0.2) is 4.39 Å². The van der Waals surface area contributed by atoms with Crippen LogP contribution in [0, 0.1) is 5.82 Å². The number of benzene rings is 2. The molecule has 0 spiro atoms. The van der Waals surface area contributed by atoms with Gasteiger partial charge in [-0.15, -0.1) is 0 Å². The predicted molar refractivity (Wildman–Crippen MR) is 83.7 cm³/mol. The normalized spacial score (nSPS) is 17.2. The van der Waals surface area contributed by atoms with Crippen molar-refractivity contribution in [1.29, 1.82) is 0 Å². The summed E-state index contributed by atoms with van der Waals surface area (Å²) in [6.45, 7) is 0. The molecule has 1 atom stereocenters. The van der Waals surface area contributed by atoms with E-state index < -0.39 is 5.82 Å². The van der Waals surface area contributed by atoms with Crippen LogP contribution in [-0.2, 0) is 6.42 Å². The summed E-state index contributed by atoms with van der Waals surface area (Å²) in [4.78, 5) is 0. The van der Waals surface area contributed by atoms with Crippen molar-refractivity contribution >= 4 is 17.3 Å². The molecule has 1 N–H and O–H groups in total. The lowest BCUT2D eigenvalue weighted by Crippen LogP contribution is -2.17. The Morgan fingerprint density at radius 3 is 2.86 bits per heavy atom. The van der Waals surface area contributed by atoms with E-state index in [1.165, 1.54) is 17.2 Å². The van der Waals surface area contributed by atoms with Gasteiger partial charge in [-0.3, -0.25) is 0 Å². The van der Waals surface area contributed by atoms with Crippen LogP contribution >= 0.6 is 11.6 Å². The van der Waals surface area contributed by atoms with Crippen molar-refractivity contribution in [2.24, 2.45) is 0 Å². The Morgan fingerprint density at radius 1 is 1.24 bits per heavy atom. The monoisotopic (exact) mass is 305 g/mol. The van der Waals surface area contributed by atoms with Crippen LogP contribution in [0.4, 0.5) is 10.1 Å². The fourth-order valence-corrected chi connectivity index (χ4v) is 2.96. The molecule has 21 heavy (non-hydrogen) atoms. The Hall–Kier alpha value is -1.74. The van der Waals surface area contributed by atoms with Gasteiger partial charge in [0.1, 0.15) is 11.6 Å². The summed E-state index contributed by atoms with van der Waals surface area (Å²) >= 11 is 5.72. The fourth-order valence-electron chi connectivity index (χ4n) is 2.84.